The molecule has 0 radical (unpaired) electrons. The molecule has 1 amide bonds. The van der Waals surface area contributed by atoms with E-state index in [9.17, 15) is 4.79 Å². The summed E-state index contributed by atoms with van der Waals surface area (Å²) in [5.41, 5.74) is 6.58. The lowest BCUT2D eigenvalue weighted by molar-refractivity contribution is 0.102. The number of nitrogens with zero attached hydrogens (tertiary/aromatic N) is 1. The predicted octanol–water partition coefficient (Wildman–Crippen LogP) is 3.52. The first-order valence-electron chi connectivity index (χ1n) is 6.81. The summed E-state index contributed by atoms with van der Waals surface area (Å²) in [6, 6.07) is 11.6. The zero-order valence-electron chi connectivity index (χ0n) is 11.2. The molecule has 2 heterocycles. The van der Waals surface area contributed by atoms with Crippen molar-refractivity contribution >= 4 is 38.8 Å². The van der Waals surface area contributed by atoms with Crippen LogP contribution in [0.4, 0.5) is 11.4 Å². The number of aromatic nitrogens is 1. The molecule has 2 aromatic carbocycles. The molecule has 1 aliphatic rings. The second kappa shape index (κ2) is 4.86. The number of hydrogen-bond acceptors (Lipinski definition) is 4. The van der Waals surface area contributed by atoms with Crippen LogP contribution in [0.5, 0.6) is 0 Å². The van der Waals surface area contributed by atoms with Gasteiger partial charge in [-0.05, 0) is 42.3 Å². The third kappa shape index (κ3) is 2.25. The Kier molecular flexibility index (Phi) is 2.86. The van der Waals surface area contributed by atoms with Crippen LogP contribution in [-0.2, 0) is 6.42 Å². The number of benzene rings is 2. The van der Waals surface area contributed by atoms with E-state index in [0.29, 0.717) is 5.56 Å². The van der Waals surface area contributed by atoms with Crippen molar-refractivity contribution in [3.05, 3.63) is 53.0 Å². The highest BCUT2D eigenvalue weighted by atomic mass is 32.1. The number of fused-ring (bicyclic) bond motifs is 2. The van der Waals surface area contributed by atoms with Crippen LogP contribution in [0.25, 0.3) is 10.2 Å². The molecule has 0 spiro atoms. The molecule has 0 unspecified atom stereocenters. The molecule has 5 heteroatoms. The van der Waals surface area contributed by atoms with E-state index in [0.717, 1.165) is 34.6 Å². The van der Waals surface area contributed by atoms with E-state index in [4.69, 9.17) is 0 Å². The van der Waals surface area contributed by atoms with Gasteiger partial charge in [-0.15, -0.1) is 11.3 Å². The molecule has 0 fully saturated rings. The first-order valence-corrected chi connectivity index (χ1v) is 7.69. The number of thiazole rings is 1. The summed E-state index contributed by atoms with van der Waals surface area (Å²) >= 11 is 1.57. The lowest BCUT2D eigenvalue weighted by atomic mass is 10.1. The van der Waals surface area contributed by atoms with Gasteiger partial charge < -0.3 is 10.6 Å². The van der Waals surface area contributed by atoms with Gasteiger partial charge >= 0.3 is 0 Å². The summed E-state index contributed by atoms with van der Waals surface area (Å²) in [7, 11) is 0. The first-order chi connectivity index (χ1) is 10.3. The van der Waals surface area contributed by atoms with Gasteiger partial charge in [0.2, 0.25) is 0 Å². The summed E-state index contributed by atoms with van der Waals surface area (Å²) in [5, 5.41) is 6.24. The molecule has 0 aliphatic carbocycles. The Bertz CT molecular complexity index is 840. The predicted molar refractivity (Wildman–Crippen MR) is 86.2 cm³/mol. The second-order valence-corrected chi connectivity index (χ2v) is 5.92. The van der Waals surface area contributed by atoms with Gasteiger partial charge in [0.15, 0.2) is 0 Å². The summed E-state index contributed by atoms with van der Waals surface area (Å²) in [4.78, 5) is 16.6. The normalized spacial score (nSPS) is 13.0. The Balaban J connectivity index is 1.59. The maximum Gasteiger partial charge on any atom is 0.255 e. The number of hydrogen-bond donors (Lipinski definition) is 2. The fourth-order valence-electron chi connectivity index (χ4n) is 2.57. The third-order valence-electron chi connectivity index (χ3n) is 3.67. The van der Waals surface area contributed by atoms with E-state index in [1.165, 1.54) is 5.56 Å². The lowest BCUT2D eigenvalue weighted by Crippen LogP contribution is -2.12. The van der Waals surface area contributed by atoms with Crippen LogP contribution in [0.1, 0.15) is 15.9 Å². The number of amides is 1. The summed E-state index contributed by atoms with van der Waals surface area (Å²) < 4.78 is 1.07. The van der Waals surface area contributed by atoms with Crippen molar-refractivity contribution < 1.29 is 4.79 Å². The topological polar surface area (TPSA) is 54.0 Å². The Morgan fingerprint density at radius 3 is 3.14 bits per heavy atom. The third-order valence-corrected chi connectivity index (χ3v) is 4.46. The molecule has 0 saturated heterocycles. The average molecular weight is 295 g/mol. The van der Waals surface area contributed by atoms with Gasteiger partial charge in [-0.25, -0.2) is 4.98 Å². The highest BCUT2D eigenvalue weighted by Crippen LogP contribution is 2.25. The van der Waals surface area contributed by atoms with Crippen LogP contribution in [0.15, 0.2) is 41.9 Å². The highest BCUT2D eigenvalue weighted by molar-refractivity contribution is 7.16. The Morgan fingerprint density at radius 2 is 2.19 bits per heavy atom. The van der Waals surface area contributed by atoms with Gasteiger partial charge in [-0.2, -0.15) is 0 Å². The fourth-order valence-corrected chi connectivity index (χ4v) is 3.28. The molecule has 0 atom stereocenters. The smallest absolute Gasteiger partial charge is 0.255 e. The maximum absolute atomic E-state index is 12.3. The van der Waals surface area contributed by atoms with Crippen molar-refractivity contribution in [2.45, 2.75) is 6.42 Å². The number of nitrogens with one attached hydrogen (secondary N) is 2. The molecule has 1 aliphatic heterocycles. The molecule has 3 aromatic rings. The molecule has 4 rings (SSSR count). The molecule has 104 valence electrons. The van der Waals surface area contributed by atoms with Gasteiger partial charge in [0, 0.05) is 23.5 Å². The zero-order valence-corrected chi connectivity index (χ0v) is 12.0. The minimum Gasteiger partial charge on any atom is -0.384 e. The number of rotatable bonds is 2. The van der Waals surface area contributed by atoms with Crippen LogP contribution in [0.3, 0.4) is 0 Å². The Labute approximate surface area is 125 Å². The van der Waals surface area contributed by atoms with E-state index >= 15 is 0 Å². The molecule has 21 heavy (non-hydrogen) atoms. The van der Waals surface area contributed by atoms with Crippen molar-refractivity contribution in [1.82, 2.24) is 4.98 Å². The Hall–Kier alpha value is -2.40. The van der Waals surface area contributed by atoms with E-state index < -0.39 is 0 Å². The van der Waals surface area contributed by atoms with Crippen LogP contribution < -0.4 is 10.6 Å². The molecule has 0 saturated carbocycles. The Morgan fingerprint density at radius 1 is 1.24 bits per heavy atom. The van der Waals surface area contributed by atoms with Crippen molar-refractivity contribution in [3.8, 4) is 0 Å². The van der Waals surface area contributed by atoms with E-state index in [-0.39, 0.29) is 5.91 Å². The second-order valence-electron chi connectivity index (χ2n) is 5.04. The zero-order chi connectivity index (χ0) is 14.2. The molecular formula is C16H13N3OS. The van der Waals surface area contributed by atoms with Gasteiger partial charge in [-0.3, -0.25) is 4.79 Å². The lowest BCUT2D eigenvalue weighted by Gasteiger charge is -2.07. The van der Waals surface area contributed by atoms with Crippen LogP contribution >= 0.6 is 11.3 Å². The quantitative estimate of drug-likeness (QED) is 0.760. The number of carbonyl (C=O) groups excluding carboxylic acids is 1. The van der Waals surface area contributed by atoms with Gasteiger partial charge in [0.1, 0.15) is 0 Å². The summed E-state index contributed by atoms with van der Waals surface area (Å²) in [6.07, 6.45) is 1.03. The molecule has 4 nitrogen and oxygen atoms in total. The monoisotopic (exact) mass is 295 g/mol. The highest BCUT2D eigenvalue weighted by Gasteiger charge is 2.13. The van der Waals surface area contributed by atoms with Gasteiger partial charge in [0.05, 0.1) is 15.7 Å². The van der Waals surface area contributed by atoms with E-state index in [1.807, 2.05) is 41.9 Å². The summed E-state index contributed by atoms with van der Waals surface area (Å²) in [6.45, 7) is 0.947. The average Bonchev–Trinajstić information content (AvgIpc) is 3.14. The maximum atomic E-state index is 12.3. The van der Waals surface area contributed by atoms with Gasteiger partial charge in [0.25, 0.3) is 5.91 Å². The minimum absolute atomic E-state index is 0.0876. The SMILES string of the molecule is O=C(Nc1ccc2ncsc2c1)c1ccc2c(c1)NCC2. The molecule has 0 bridgehead atoms. The van der Waals surface area contributed by atoms with Crippen LogP contribution in [-0.4, -0.2) is 17.4 Å². The standard InChI is InChI=1S/C16H13N3OS/c20-16(11-2-1-10-5-6-17-14(10)7-11)19-12-3-4-13-15(8-12)21-9-18-13/h1-4,7-9,17H,5-6H2,(H,19,20). The van der Waals surface area contributed by atoms with Crippen LogP contribution in [0, 0.1) is 0 Å². The van der Waals surface area contributed by atoms with Crippen LogP contribution in [0.2, 0.25) is 0 Å². The summed E-state index contributed by atoms with van der Waals surface area (Å²) in [5.74, 6) is -0.0876. The molecule has 1 aromatic heterocycles. The van der Waals surface area contributed by atoms with Crippen molar-refractivity contribution in [2.75, 3.05) is 17.2 Å². The fraction of sp³-hybridized carbons (Fsp3) is 0.125. The largest absolute Gasteiger partial charge is 0.384 e. The van der Waals surface area contributed by atoms with Crippen molar-refractivity contribution in [1.29, 1.82) is 0 Å². The van der Waals surface area contributed by atoms with Crippen molar-refractivity contribution in [3.63, 3.8) is 0 Å². The number of anilines is 2. The van der Waals surface area contributed by atoms with E-state index in [1.54, 1.807) is 11.3 Å². The van der Waals surface area contributed by atoms with Crippen molar-refractivity contribution in [2.24, 2.45) is 0 Å². The van der Waals surface area contributed by atoms with E-state index in [2.05, 4.69) is 15.6 Å². The number of carbonyl (C=O) groups is 1. The molecule has 2 N–H and O–H groups in total. The first kappa shape index (κ1) is 12.3. The van der Waals surface area contributed by atoms with Gasteiger partial charge in [-0.1, -0.05) is 6.07 Å². The molecular weight excluding hydrogens is 282 g/mol. The minimum atomic E-state index is -0.0876.